The molecule has 0 aliphatic carbocycles. The number of halogens is 2. The monoisotopic (exact) mass is 557 g/mol. The number of rotatable bonds is 7. The number of aryl methyl sites for hydroxylation is 1. The molecule has 31 heavy (non-hydrogen) atoms. The molecule has 0 amide bonds. The van der Waals surface area contributed by atoms with Gasteiger partial charge in [-0.15, -0.1) is 24.0 Å². The van der Waals surface area contributed by atoms with E-state index < -0.39 is 0 Å². The van der Waals surface area contributed by atoms with E-state index in [1.807, 2.05) is 30.9 Å². The van der Waals surface area contributed by atoms with Crippen molar-refractivity contribution in [3.8, 4) is 11.4 Å². The molecule has 0 atom stereocenters. The summed E-state index contributed by atoms with van der Waals surface area (Å²) in [5.74, 6) is 2.30. The minimum Gasteiger partial charge on any atom is -0.356 e. The van der Waals surface area contributed by atoms with Crippen LogP contribution in [0.15, 0.2) is 40.0 Å². The Morgan fingerprint density at radius 2 is 2.00 bits per heavy atom. The van der Waals surface area contributed by atoms with Gasteiger partial charge in [-0.05, 0) is 30.2 Å². The molecule has 10 heteroatoms. The van der Waals surface area contributed by atoms with Crippen LogP contribution in [0.3, 0.4) is 0 Å². The summed E-state index contributed by atoms with van der Waals surface area (Å²) in [4.78, 5) is 10.9. The molecule has 1 aromatic carbocycles. The minimum absolute atomic E-state index is 0. The van der Waals surface area contributed by atoms with Crippen molar-refractivity contribution in [2.45, 2.75) is 32.7 Å². The van der Waals surface area contributed by atoms with Crippen LogP contribution in [-0.2, 0) is 20.0 Å². The Morgan fingerprint density at radius 1 is 1.29 bits per heavy atom. The van der Waals surface area contributed by atoms with E-state index in [2.05, 4.69) is 50.5 Å². The van der Waals surface area contributed by atoms with Crippen LogP contribution in [0.2, 0.25) is 5.02 Å². The molecule has 0 bridgehead atoms. The van der Waals surface area contributed by atoms with Crippen molar-refractivity contribution in [2.75, 3.05) is 20.6 Å². The number of benzene rings is 1. The van der Waals surface area contributed by atoms with Crippen molar-refractivity contribution < 1.29 is 4.52 Å². The second-order valence-corrected chi connectivity index (χ2v) is 7.90. The molecule has 0 spiro atoms. The summed E-state index contributed by atoms with van der Waals surface area (Å²) in [7, 11) is 5.74. The average molecular weight is 558 g/mol. The summed E-state index contributed by atoms with van der Waals surface area (Å²) < 4.78 is 7.23. The Kier molecular flexibility index (Phi) is 9.30. The highest BCUT2D eigenvalue weighted by Gasteiger charge is 2.15. The second-order valence-electron chi connectivity index (χ2n) is 7.47. The normalized spacial score (nSPS) is 11.5. The van der Waals surface area contributed by atoms with Gasteiger partial charge < -0.3 is 14.7 Å². The molecule has 2 heterocycles. The number of guanidine groups is 1. The maximum Gasteiger partial charge on any atom is 0.228 e. The number of hydrogen-bond acceptors (Lipinski definition) is 5. The average Bonchev–Trinajstić information content (AvgIpc) is 3.32. The van der Waals surface area contributed by atoms with Crippen LogP contribution in [0.25, 0.3) is 11.4 Å². The zero-order valence-corrected chi connectivity index (χ0v) is 21.5. The lowest BCUT2D eigenvalue weighted by Crippen LogP contribution is -2.39. The highest BCUT2D eigenvalue weighted by molar-refractivity contribution is 14.0. The summed E-state index contributed by atoms with van der Waals surface area (Å²) in [5, 5.41) is 12.7. The topological polar surface area (TPSA) is 84.4 Å². The zero-order valence-electron chi connectivity index (χ0n) is 18.5. The van der Waals surface area contributed by atoms with Crippen LogP contribution in [0.1, 0.15) is 36.9 Å². The molecule has 0 saturated carbocycles. The first-order valence-electron chi connectivity index (χ1n) is 9.90. The van der Waals surface area contributed by atoms with E-state index in [9.17, 15) is 0 Å². The van der Waals surface area contributed by atoms with Crippen molar-refractivity contribution >= 4 is 41.5 Å². The molecule has 0 fully saturated rings. The Bertz CT molecular complexity index is 998. The van der Waals surface area contributed by atoms with Gasteiger partial charge >= 0.3 is 0 Å². The fraction of sp³-hybridized carbons (Fsp3) is 0.429. The molecule has 8 nitrogen and oxygen atoms in total. The van der Waals surface area contributed by atoms with E-state index in [1.165, 1.54) is 5.56 Å². The third-order valence-electron chi connectivity index (χ3n) is 4.66. The Morgan fingerprint density at radius 3 is 2.65 bits per heavy atom. The van der Waals surface area contributed by atoms with Gasteiger partial charge in [-0.2, -0.15) is 10.1 Å². The third kappa shape index (κ3) is 6.67. The smallest absolute Gasteiger partial charge is 0.228 e. The van der Waals surface area contributed by atoms with Gasteiger partial charge in [-0.25, -0.2) is 0 Å². The molecule has 3 aromatic rings. The first-order chi connectivity index (χ1) is 14.4. The van der Waals surface area contributed by atoms with Gasteiger partial charge in [0.2, 0.25) is 11.7 Å². The molecule has 1 N–H and O–H groups in total. The largest absolute Gasteiger partial charge is 0.356 e. The highest BCUT2D eigenvalue weighted by atomic mass is 127. The van der Waals surface area contributed by atoms with Gasteiger partial charge in [0.15, 0.2) is 5.96 Å². The van der Waals surface area contributed by atoms with Crippen LogP contribution < -0.4 is 5.32 Å². The number of nitrogens with one attached hydrogen (secondary N) is 1. The first kappa shape index (κ1) is 25.1. The fourth-order valence-electron chi connectivity index (χ4n) is 3.23. The van der Waals surface area contributed by atoms with Crippen molar-refractivity contribution in [2.24, 2.45) is 12.0 Å². The van der Waals surface area contributed by atoms with Crippen molar-refractivity contribution in [3.05, 3.63) is 52.6 Å². The van der Waals surface area contributed by atoms with E-state index in [-0.39, 0.29) is 24.0 Å². The highest BCUT2D eigenvalue weighted by Crippen LogP contribution is 2.19. The molecule has 3 rings (SSSR count). The summed E-state index contributed by atoms with van der Waals surface area (Å²) in [6.07, 6.45) is 2.66. The van der Waals surface area contributed by atoms with Gasteiger partial charge in [0, 0.05) is 63.0 Å². The van der Waals surface area contributed by atoms with Gasteiger partial charge in [0.1, 0.15) is 0 Å². The fourth-order valence-corrected chi connectivity index (χ4v) is 3.36. The quantitative estimate of drug-likeness (QED) is 0.267. The van der Waals surface area contributed by atoms with Crippen LogP contribution in [-0.4, -0.2) is 51.4 Å². The Balaban J connectivity index is 0.00000341. The lowest BCUT2D eigenvalue weighted by atomic mass is 10.1. The zero-order chi connectivity index (χ0) is 21.7. The SMILES string of the molecule is CN=C(NCCc1nc(-c2ccc(Cl)cc2)no1)N(C)Cc1cn(C)nc1C(C)C.I. The van der Waals surface area contributed by atoms with Gasteiger partial charge in [0.05, 0.1) is 5.69 Å². The summed E-state index contributed by atoms with van der Waals surface area (Å²) in [5.41, 5.74) is 3.18. The first-order valence-corrected chi connectivity index (χ1v) is 10.3. The molecule has 2 aromatic heterocycles. The maximum atomic E-state index is 5.93. The van der Waals surface area contributed by atoms with E-state index in [0.717, 1.165) is 23.8 Å². The molecule has 168 valence electrons. The van der Waals surface area contributed by atoms with E-state index in [4.69, 9.17) is 16.1 Å². The van der Waals surface area contributed by atoms with Crippen LogP contribution in [0.5, 0.6) is 0 Å². The lowest BCUT2D eigenvalue weighted by Gasteiger charge is -2.22. The third-order valence-corrected chi connectivity index (χ3v) is 4.91. The van der Waals surface area contributed by atoms with Crippen molar-refractivity contribution in [1.82, 2.24) is 30.1 Å². The summed E-state index contributed by atoms with van der Waals surface area (Å²) >= 11 is 5.93. The Hall–Kier alpha value is -2.14. The van der Waals surface area contributed by atoms with Gasteiger partial charge in [-0.1, -0.05) is 30.6 Å². The summed E-state index contributed by atoms with van der Waals surface area (Å²) in [6.45, 7) is 5.66. The molecular weight excluding hydrogens is 529 g/mol. The number of hydrogen-bond donors (Lipinski definition) is 1. The Labute approximate surface area is 205 Å². The number of aliphatic imine (C=N–C) groups is 1. The van der Waals surface area contributed by atoms with Crippen LogP contribution in [0, 0.1) is 0 Å². The van der Waals surface area contributed by atoms with Crippen molar-refractivity contribution in [1.29, 1.82) is 0 Å². The molecule has 0 aliphatic heterocycles. The molecule has 0 radical (unpaired) electrons. The van der Waals surface area contributed by atoms with Gasteiger partial charge in [0.25, 0.3) is 0 Å². The molecule has 0 unspecified atom stereocenters. The predicted octanol–water partition coefficient (Wildman–Crippen LogP) is 4.11. The van der Waals surface area contributed by atoms with Gasteiger partial charge in [-0.3, -0.25) is 9.67 Å². The maximum absolute atomic E-state index is 5.93. The molecular formula is C21H29ClIN7O. The molecule has 0 saturated heterocycles. The second kappa shape index (κ2) is 11.5. The van der Waals surface area contributed by atoms with E-state index in [1.54, 1.807) is 19.2 Å². The van der Waals surface area contributed by atoms with E-state index in [0.29, 0.717) is 35.6 Å². The lowest BCUT2D eigenvalue weighted by molar-refractivity contribution is 0.377. The summed E-state index contributed by atoms with van der Waals surface area (Å²) in [6, 6.07) is 7.36. The predicted molar refractivity (Wildman–Crippen MR) is 134 cm³/mol. The standard InChI is InChI=1S/C21H28ClN7O.HI/c1-14(2)19-16(13-29(5)26-19)12-28(4)21(23-3)24-11-10-18-25-20(27-30-18)15-6-8-17(22)9-7-15;/h6-9,13-14H,10-12H2,1-5H3,(H,23,24);1H. The number of nitrogens with zero attached hydrogens (tertiary/aromatic N) is 6. The van der Waals surface area contributed by atoms with Crippen molar-refractivity contribution in [3.63, 3.8) is 0 Å². The van der Waals surface area contributed by atoms with Crippen LogP contribution in [0.4, 0.5) is 0 Å². The molecule has 0 aliphatic rings. The number of aromatic nitrogens is 4. The minimum atomic E-state index is 0. The van der Waals surface area contributed by atoms with E-state index >= 15 is 0 Å². The van der Waals surface area contributed by atoms with Crippen LogP contribution >= 0.6 is 35.6 Å².